The average Bonchev–Trinajstić information content (AvgIpc) is 2.87. The quantitative estimate of drug-likeness (QED) is 0.857. The summed E-state index contributed by atoms with van der Waals surface area (Å²) in [7, 11) is 1.56. The van der Waals surface area contributed by atoms with E-state index in [9.17, 15) is 9.59 Å². The molecule has 1 aliphatic rings. The summed E-state index contributed by atoms with van der Waals surface area (Å²) in [5, 5.41) is 11.9. The lowest BCUT2D eigenvalue weighted by Crippen LogP contribution is -2.40. The lowest BCUT2D eigenvalue weighted by atomic mass is 10.0. The Balaban J connectivity index is 1.97. The molecule has 0 radical (unpaired) electrons. The second-order valence-electron chi connectivity index (χ2n) is 5.04. The fraction of sp³-hybridized carbons (Fsp3) is 0.467. The molecule has 1 aromatic carbocycles. The maximum atomic E-state index is 12.0. The number of hydrogen-bond acceptors (Lipinski definition) is 3. The van der Waals surface area contributed by atoms with Crippen LogP contribution in [-0.4, -0.2) is 30.1 Å². The largest absolute Gasteiger partial charge is 0.496 e. The predicted octanol–water partition coefficient (Wildman–Crippen LogP) is 1.61. The summed E-state index contributed by atoms with van der Waals surface area (Å²) in [5.74, 6) is -0.779. The number of carboxylic acid groups (broad SMARTS) is 1. The Morgan fingerprint density at radius 1 is 1.35 bits per heavy atom. The zero-order valence-corrected chi connectivity index (χ0v) is 11.5. The second-order valence-corrected chi connectivity index (χ2v) is 5.04. The van der Waals surface area contributed by atoms with Gasteiger partial charge in [-0.2, -0.15) is 0 Å². The molecule has 1 fully saturated rings. The number of aliphatic carboxylic acids is 1. The van der Waals surface area contributed by atoms with Crippen LogP contribution >= 0.6 is 0 Å². The van der Waals surface area contributed by atoms with Crippen molar-refractivity contribution in [2.45, 2.75) is 31.7 Å². The number of methoxy groups -OCH3 is 1. The molecule has 0 saturated heterocycles. The summed E-state index contributed by atoms with van der Waals surface area (Å²) >= 11 is 0. The van der Waals surface area contributed by atoms with Crippen molar-refractivity contribution in [1.82, 2.24) is 5.32 Å². The van der Waals surface area contributed by atoms with Gasteiger partial charge in [0.1, 0.15) is 5.75 Å². The van der Waals surface area contributed by atoms with Gasteiger partial charge in [-0.25, -0.2) is 0 Å². The standard InChI is InChI=1S/C15H19NO4/c1-20-13-8-3-2-5-10(13)9-14(17)16-12-7-4-6-11(12)15(18)19/h2-3,5,8,11-12H,4,6-7,9H2,1H3,(H,16,17)(H,18,19)/t11-,12+/m0/s1. The van der Waals surface area contributed by atoms with Crippen LogP contribution in [0, 0.1) is 5.92 Å². The molecule has 5 nitrogen and oxygen atoms in total. The van der Waals surface area contributed by atoms with Crippen molar-refractivity contribution in [2.24, 2.45) is 5.92 Å². The highest BCUT2D eigenvalue weighted by molar-refractivity contribution is 5.81. The molecule has 20 heavy (non-hydrogen) atoms. The number of nitrogens with one attached hydrogen (secondary N) is 1. The molecular weight excluding hydrogens is 258 g/mol. The molecule has 2 atom stereocenters. The first-order valence-electron chi connectivity index (χ1n) is 6.76. The molecule has 108 valence electrons. The molecule has 0 heterocycles. The van der Waals surface area contributed by atoms with Crippen LogP contribution in [0.5, 0.6) is 5.75 Å². The van der Waals surface area contributed by atoms with E-state index in [0.717, 1.165) is 18.4 Å². The normalized spacial score (nSPS) is 21.4. The number of hydrogen-bond donors (Lipinski definition) is 2. The highest BCUT2D eigenvalue weighted by atomic mass is 16.5. The number of rotatable bonds is 5. The zero-order valence-electron chi connectivity index (χ0n) is 11.5. The molecular formula is C15H19NO4. The molecule has 0 unspecified atom stereocenters. The fourth-order valence-corrected chi connectivity index (χ4v) is 2.71. The van der Waals surface area contributed by atoms with Crippen LogP contribution in [0.1, 0.15) is 24.8 Å². The first-order valence-corrected chi connectivity index (χ1v) is 6.76. The number of para-hydroxylation sites is 1. The number of carbonyl (C=O) groups excluding carboxylic acids is 1. The van der Waals surface area contributed by atoms with Gasteiger partial charge in [0.15, 0.2) is 0 Å². The maximum Gasteiger partial charge on any atom is 0.308 e. The van der Waals surface area contributed by atoms with Gasteiger partial charge >= 0.3 is 5.97 Å². The van der Waals surface area contributed by atoms with Crippen LogP contribution < -0.4 is 10.1 Å². The molecule has 1 amide bonds. The summed E-state index contributed by atoms with van der Waals surface area (Å²) in [6.45, 7) is 0. The Morgan fingerprint density at radius 3 is 2.80 bits per heavy atom. The van der Waals surface area contributed by atoms with Gasteiger partial charge in [-0.05, 0) is 18.9 Å². The molecule has 0 aromatic heterocycles. The topological polar surface area (TPSA) is 75.6 Å². The van der Waals surface area contributed by atoms with Crippen LogP contribution in [0.4, 0.5) is 0 Å². The van der Waals surface area contributed by atoms with Crippen LogP contribution in [-0.2, 0) is 16.0 Å². The molecule has 2 N–H and O–H groups in total. The van der Waals surface area contributed by atoms with Gasteiger partial charge < -0.3 is 15.2 Å². The molecule has 1 aromatic rings. The number of carboxylic acids is 1. The number of amides is 1. The predicted molar refractivity (Wildman–Crippen MR) is 73.6 cm³/mol. The molecule has 0 spiro atoms. The fourth-order valence-electron chi connectivity index (χ4n) is 2.71. The minimum absolute atomic E-state index is 0.160. The van der Waals surface area contributed by atoms with Crippen molar-refractivity contribution < 1.29 is 19.4 Å². The van der Waals surface area contributed by atoms with Gasteiger partial charge in [0.25, 0.3) is 0 Å². The minimum atomic E-state index is -0.829. The SMILES string of the molecule is COc1ccccc1CC(=O)N[C@@H]1CCC[C@@H]1C(=O)O. The highest BCUT2D eigenvalue weighted by Crippen LogP contribution is 2.26. The number of ether oxygens (including phenoxy) is 1. The third-order valence-electron chi connectivity index (χ3n) is 3.72. The summed E-state index contributed by atoms with van der Waals surface area (Å²) in [5.41, 5.74) is 0.803. The molecule has 5 heteroatoms. The van der Waals surface area contributed by atoms with E-state index >= 15 is 0 Å². The first-order chi connectivity index (χ1) is 9.61. The van der Waals surface area contributed by atoms with Crippen molar-refractivity contribution in [2.75, 3.05) is 7.11 Å². The Bertz CT molecular complexity index is 500. The Kier molecular flexibility index (Phi) is 4.61. The Hall–Kier alpha value is -2.04. The van der Waals surface area contributed by atoms with Gasteiger partial charge in [0.2, 0.25) is 5.91 Å². The van der Waals surface area contributed by atoms with E-state index < -0.39 is 11.9 Å². The first kappa shape index (κ1) is 14.4. The van der Waals surface area contributed by atoms with E-state index in [-0.39, 0.29) is 18.4 Å². The van der Waals surface area contributed by atoms with Crippen molar-refractivity contribution >= 4 is 11.9 Å². The summed E-state index contributed by atoms with van der Waals surface area (Å²) in [4.78, 5) is 23.1. The Morgan fingerprint density at radius 2 is 2.10 bits per heavy atom. The third kappa shape index (κ3) is 3.29. The van der Waals surface area contributed by atoms with Gasteiger partial charge in [-0.3, -0.25) is 9.59 Å². The third-order valence-corrected chi connectivity index (χ3v) is 3.72. The van der Waals surface area contributed by atoms with E-state index in [2.05, 4.69) is 5.32 Å². The van der Waals surface area contributed by atoms with Crippen molar-refractivity contribution in [3.8, 4) is 5.75 Å². The lowest BCUT2D eigenvalue weighted by Gasteiger charge is -2.18. The van der Waals surface area contributed by atoms with Gasteiger partial charge in [0.05, 0.1) is 19.4 Å². The molecule has 0 bridgehead atoms. The highest BCUT2D eigenvalue weighted by Gasteiger charge is 2.33. The number of carbonyl (C=O) groups is 2. The van der Waals surface area contributed by atoms with Crippen LogP contribution in [0.3, 0.4) is 0 Å². The van der Waals surface area contributed by atoms with Crippen molar-refractivity contribution in [1.29, 1.82) is 0 Å². The van der Waals surface area contributed by atoms with Crippen LogP contribution in [0.2, 0.25) is 0 Å². The smallest absolute Gasteiger partial charge is 0.308 e. The zero-order chi connectivity index (χ0) is 14.5. The van der Waals surface area contributed by atoms with E-state index in [1.165, 1.54) is 0 Å². The van der Waals surface area contributed by atoms with Gasteiger partial charge in [0, 0.05) is 11.6 Å². The lowest BCUT2D eigenvalue weighted by molar-refractivity contribution is -0.142. The van der Waals surface area contributed by atoms with E-state index in [0.29, 0.717) is 12.2 Å². The Labute approximate surface area is 117 Å². The summed E-state index contributed by atoms with van der Waals surface area (Å²) < 4.78 is 5.20. The van der Waals surface area contributed by atoms with E-state index in [1.807, 2.05) is 18.2 Å². The molecule has 2 rings (SSSR count). The summed E-state index contributed by atoms with van der Waals surface area (Å²) in [6, 6.07) is 7.08. The van der Waals surface area contributed by atoms with Crippen molar-refractivity contribution in [3.05, 3.63) is 29.8 Å². The van der Waals surface area contributed by atoms with E-state index in [4.69, 9.17) is 9.84 Å². The molecule has 1 aliphatic carbocycles. The average molecular weight is 277 g/mol. The van der Waals surface area contributed by atoms with Gasteiger partial charge in [-0.1, -0.05) is 24.6 Å². The second kappa shape index (κ2) is 6.41. The molecule has 0 aliphatic heterocycles. The molecule has 1 saturated carbocycles. The van der Waals surface area contributed by atoms with Gasteiger partial charge in [-0.15, -0.1) is 0 Å². The minimum Gasteiger partial charge on any atom is -0.496 e. The maximum absolute atomic E-state index is 12.0. The van der Waals surface area contributed by atoms with Crippen molar-refractivity contribution in [3.63, 3.8) is 0 Å². The van der Waals surface area contributed by atoms with Crippen LogP contribution in [0.25, 0.3) is 0 Å². The van der Waals surface area contributed by atoms with Crippen LogP contribution in [0.15, 0.2) is 24.3 Å². The van der Waals surface area contributed by atoms with E-state index in [1.54, 1.807) is 13.2 Å². The summed E-state index contributed by atoms with van der Waals surface area (Å²) in [6.07, 6.45) is 2.41. The monoisotopic (exact) mass is 277 g/mol. The number of benzene rings is 1.